The van der Waals surface area contributed by atoms with Crippen molar-refractivity contribution in [1.29, 1.82) is 0 Å². The van der Waals surface area contributed by atoms with Crippen LogP contribution in [0.1, 0.15) is 10.5 Å². The standard InChI is InChI=1S/C20H15ClN4O2/c1-24(15-10-8-14(21)9-11-15)19(26)17-18(27-16-6-3-2-4-7-16)23-20-22-12-5-13-25(17)20/h2-13H,1H3. The third-order valence-corrected chi connectivity index (χ3v) is 4.30. The maximum atomic E-state index is 13.2. The number of para-hydroxylation sites is 1. The van der Waals surface area contributed by atoms with Crippen LogP contribution in [0.4, 0.5) is 5.69 Å². The van der Waals surface area contributed by atoms with Crippen molar-refractivity contribution < 1.29 is 9.53 Å². The van der Waals surface area contributed by atoms with Crippen LogP contribution in [0, 0.1) is 0 Å². The zero-order chi connectivity index (χ0) is 18.8. The van der Waals surface area contributed by atoms with Crippen LogP contribution in [-0.2, 0) is 0 Å². The molecule has 1 amide bonds. The number of imidazole rings is 1. The summed E-state index contributed by atoms with van der Waals surface area (Å²) in [5.41, 5.74) is 0.994. The van der Waals surface area contributed by atoms with Gasteiger partial charge in [-0.05, 0) is 42.5 Å². The van der Waals surface area contributed by atoms with E-state index in [1.165, 1.54) is 4.90 Å². The number of benzene rings is 2. The number of amides is 1. The number of hydrogen-bond donors (Lipinski definition) is 0. The SMILES string of the molecule is CN(C(=O)c1c(Oc2ccccc2)nc2ncccn12)c1ccc(Cl)cc1. The molecule has 6 nitrogen and oxygen atoms in total. The summed E-state index contributed by atoms with van der Waals surface area (Å²) >= 11 is 5.94. The van der Waals surface area contributed by atoms with Crippen LogP contribution in [0.5, 0.6) is 11.6 Å². The minimum atomic E-state index is -0.274. The Bertz CT molecular complexity index is 1090. The molecule has 0 fully saturated rings. The van der Waals surface area contributed by atoms with E-state index in [1.807, 2.05) is 18.2 Å². The molecule has 134 valence electrons. The Kier molecular flexibility index (Phi) is 4.48. The number of fused-ring (bicyclic) bond motifs is 1. The minimum absolute atomic E-state index is 0.200. The predicted molar refractivity (Wildman–Crippen MR) is 104 cm³/mol. The van der Waals surface area contributed by atoms with Gasteiger partial charge in [-0.2, -0.15) is 4.98 Å². The highest BCUT2D eigenvalue weighted by molar-refractivity contribution is 6.30. The Labute approximate surface area is 160 Å². The molecule has 0 spiro atoms. The fourth-order valence-corrected chi connectivity index (χ4v) is 2.80. The molecule has 2 aromatic carbocycles. The van der Waals surface area contributed by atoms with Crippen molar-refractivity contribution in [2.45, 2.75) is 0 Å². The van der Waals surface area contributed by atoms with Crippen molar-refractivity contribution in [3.63, 3.8) is 0 Å². The number of hydrogen-bond acceptors (Lipinski definition) is 4. The van der Waals surface area contributed by atoms with Gasteiger partial charge in [0.2, 0.25) is 5.78 Å². The highest BCUT2D eigenvalue weighted by Gasteiger charge is 2.25. The van der Waals surface area contributed by atoms with E-state index in [-0.39, 0.29) is 11.8 Å². The van der Waals surface area contributed by atoms with Crippen LogP contribution < -0.4 is 9.64 Å². The van der Waals surface area contributed by atoms with Crippen molar-refractivity contribution in [2.75, 3.05) is 11.9 Å². The van der Waals surface area contributed by atoms with Gasteiger partial charge in [-0.1, -0.05) is 29.8 Å². The first-order valence-corrected chi connectivity index (χ1v) is 8.61. The number of ether oxygens (including phenoxy) is 1. The zero-order valence-electron chi connectivity index (χ0n) is 14.4. The van der Waals surface area contributed by atoms with Gasteiger partial charge in [0.25, 0.3) is 11.8 Å². The van der Waals surface area contributed by atoms with E-state index >= 15 is 0 Å². The van der Waals surface area contributed by atoms with Gasteiger partial charge in [-0.25, -0.2) is 4.98 Å². The lowest BCUT2D eigenvalue weighted by Gasteiger charge is -2.17. The van der Waals surface area contributed by atoms with Crippen molar-refractivity contribution in [2.24, 2.45) is 0 Å². The quantitative estimate of drug-likeness (QED) is 0.526. The summed E-state index contributed by atoms with van der Waals surface area (Å²) < 4.78 is 7.50. The van der Waals surface area contributed by atoms with Crippen LogP contribution in [-0.4, -0.2) is 27.3 Å². The average molecular weight is 379 g/mol. The van der Waals surface area contributed by atoms with Gasteiger partial charge in [-0.15, -0.1) is 0 Å². The third-order valence-electron chi connectivity index (χ3n) is 4.05. The maximum Gasteiger partial charge on any atom is 0.280 e. The van der Waals surface area contributed by atoms with Gasteiger partial charge in [0.15, 0.2) is 5.69 Å². The molecule has 0 atom stereocenters. The lowest BCUT2D eigenvalue weighted by molar-refractivity contribution is 0.0985. The summed E-state index contributed by atoms with van der Waals surface area (Å²) in [7, 11) is 1.69. The topological polar surface area (TPSA) is 59.7 Å². The molecule has 27 heavy (non-hydrogen) atoms. The molecule has 0 aliphatic heterocycles. The van der Waals surface area contributed by atoms with E-state index in [2.05, 4.69) is 9.97 Å². The summed E-state index contributed by atoms with van der Waals surface area (Å²) in [5.74, 6) is 0.898. The summed E-state index contributed by atoms with van der Waals surface area (Å²) in [6, 6.07) is 18.0. The number of anilines is 1. The summed E-state index contributed by atoms with van der Waals surface area (Å²) in [6.07, 6.45) is 3.35. The molecule has 2 heterocycles. The van der Waals surface area contributed by atoms with Crippen LogP contribution in [0.25, 0.3) is 5.78 Å². The Morgan fingerprint density at radius 1 is 1.07 bits per heavy atom. The number of nitrogens with zero attached hydrogens (tertiary/aromatic N) is 4. The monoisotopic (exact) mass is 378 g/mol. The second kappa shape index (κ2) is 7.09. The Balaban J connectivity index is 1.78. The number of halogens is 1. The van der Waals surface area contributed by atoms with Gasteiger partial charge in [0.05, 0.1) is 0 Å². The van der Waals surface area contributed by atoms with Gasteiger partial charge in [0.1, 0.15) is 5.75 Å². The minimum Gasteiger partial charge on any atom is -0.437 e. The number of rotatable bonds is 4. The van der Waals surface area contributed by atoms with E-state index in [1.54, 1.807) is 66.3 Å². The van der Waals surface area contributed by atoms with Crippen molar-refractivity contribution in [1.82, 2.24) is 14.4 Å². The van der Waals surface area contributed by atoms with E-state index in [4.69, 9.17) is 16.3 Å². The van der Waals surface area contributed by atoms with Crippen molar-refractivity contribution in [3.05, 3.63) is 83.8 Å². The second-order valence-corrected chi connectivity index (χ2v) is 6.25. The highest BCUT2D eigenvalue weighted by atomic mass is 35.5. The molecule has 0 N–H and O–H groups in total. The molecule has 4 aromatic rings. The molecular weight excluding hydrogens is 364 g/mol. The number of aromatic nitrogens is 3. The number of carbonyl (C=O) groups is 1. The van der Waals surface area contributed by atoms with Gasteiger partial charge in [-0.3, -0.25) is 9.20 Å². The van der Waals surface area contributed by atoms with Crippen LogP contribution >= 0.6 is 11.6 Å². The molecule has 2 aromatic heterocycles. The van der Waals surface area contributed by atoms with E-state index in [0.717, 1.165) is 0 Å². The van der Waals surface area contributed by atoms with E-state index in [9.17, 15) is 4.79 Å². The van der Waals surface area contributed by atoms with E-state index < -0.39 is 0 Å². The molecule has 0 saturated heterocycles. The molecule has 0 aliphatic rings. The highest BCUT2D eigenvalue weighted by Crippen LogP contribution is 2.27. The largest absolute Gasteiger partial charge is 0.437 e. The van der Waals surface area contributed by atoms with Gasteiger partial charge in [0, 0.05) is 30.2 Å². The molecule has 0 unspecified atom stereocenters. The second-order valence-electron chi connectivity index (χ2n) is 5.81. The van der Waals surface area contributed by atoms with Gasteiger partial charge >= 0.3 is 0 Å². The molecule has 0 bridgehead atoms. The Morgan fingerprint density at radius 3 is 2.56 bits per heavy atom. The van der Waals surface area contributed by atoms with Crippen molar-refractivity contribution >= 4 is 29.0 Å². The van der Waals surface area contributed by atoms with Gasteiger partial charge < -0.3 is 9.64 Å². The first kappa shape index (κ1) is 17.1. The van der Waals surface area contributed by atoms with Crippen LogP contribution in [0.2, 0.25) is 5.02 Å². The maximum absolute atomic E-state index is 13.2. The number of carbonyl (C=O) groups excluding carboxylic acids is 1. The lowest BCUT2D eigenvalue weighted by Crippen LogP contribution is -2.27. The smallest absolute Gasteiger partial charge is 0.280 e. The Hall–Kier alpha value is -3.38. The van der Waals surface area contributed by atoms with E-state index in [0.29, 0.717) is 27.9 Å². The summed E-state index contributed by atoms with van der Waals surface area (Å²) in [4.78, 5) is 23.4. The molecule has 0 radical (unpaired) electrons. The summed E-state index contributed by atoms with van der Waals surface area (Å²) in [6.45, 7) is 0. The normalized spacial score (nSPS) is 10.7. The molecule has 7 heteroatoms. The fourth-order valence-electron chi connectivity index (χ4n) is 2.67. The lowest BCUT2D eigenvalue weighted by atomic mass is 10.2. The van der Waals surface area contributed by atoms with Crippen LogP contribution in [0.3, 0.4) is 0 Å². The van der Waals surface area contributed by atoms with Crippen molar-refractivity contribution in [3.8, 4) is 11.6 Å². The average Bonchev–Trinajstić information content (AvgIpc) is 3.06. The third kappa shape index (κ3) is 3.35. The first-order valence-electron chi connectivity index (χ1n) is 8.23. The molecule has 0 saturated carbocycles. The zero-order valence-corrected chi connectivity index (χ0v) is 15.2. The molecular formula is C20H15ClN4O2. The molecule has 0 aliphatic carbocycles. The Morgan fingerprint density at radius 2 is 1.81 bits per heavy atom. The fraction of sp³-hybridized carbons (Fsp3) is 0.0500. The first-order chi connectivity index (χ1) is 13.1. The van der Waals surface area contributed by atoms with Crippen LogP contribution in [0.15, 0.2) is 73.1 Å². The predicted octanol–water partition coefficient (Wildman–Crippen LogP) is 4.45. The molecule has 4 rings (SSSR count). The summed E-state index contributed by atoms with van der Waals surface area (Å²) in [5, 5.41) is 0.603.